The minimum Gasteiger partial charge on any atom is -0.298 e. The number of thioether (sulfide) groups is 1. The van der Waals surface area contributed by atoms with Crippen molar-refractivity contribution in [3.8, 4) is 0 Å². The fraction of sp³-hybridized carbons (Fsp3) is 0.833. The molecule has 0 aliphatic carbocycles. The maximum atomic E-state index is 10.8. The summed E-state index contributed by atoms with van der Waals surface area (Å²) >= 11 is 7.26. The van der Waals surface area contributed by atoms with Crippen LogP contribution in [-0.2, 0) is 4.79 Å². The first-order valence-corrected chi connectivity index (χ1v) is 4.71. The third-order valence-electron chi connectivity index (χ3n) is 1.01. The second-order valence-electron chi connectivity index (χ2n) is 1.74. The van der Waals surface area contributed by atoms with Crippen LogP contribution in [-0.4, -0.2) is 23.2 Å². The lowest BCUT2D eigenvalue weighted by atomic mass is 10.2. The number of ketones is 1. The molecule has 1 nitrogen and oxygen atoms in total. The van der Waals surface area contributed by atoms with Gasteiger partial charge in [0.25, 0.3) is 0 Å². The highest BCUT2D eigenvalue weighted by atomic mass is 35.5. The number of halogens is 1. The highest BCUT2D eigenvalue weighted by Gasteiger charge is 2.10. The molecule has 0 saturated heterocycles. The van der Waals surface area contributed by atoms with Gasteiger partial charge in [-0.25, -0.2) is 0 Å². The van der Waals surface area contributed by atoms with Crippen molar-refractivity contribution >= 4 is 29.1 Å². The molecule has 0 aliphatic rings. The van der Waals surface area contributed by atoms with Gasteiger partial charge < -0.3 is 0 Å². The Labute approximate surface area is 65.2 Å². The summed E-state index contributed by atoms with van der Waals surface area (Å²) in [4.78, 5) is 10.8. The van der Waals surface area contributed by atoms with Crippen LogP contribution < -0.4 is 0 Å². The van der Waals surface area contributed by atoms with Crippen LogP contribution in [0.25, 0.3) is 0 Å². The molecule has 3 heteroatoms. The van der Waals surface area contributed by atoms with Gasteiger partial charge in [-0.1, -0.05) is 6.92 Å². The van der Waals surface area contributed by atoms with Crippen molar-refractivity contribution < 1.29 is 4.79 Å². The summed E-state index contributed by atoms with van der Waals surface area (Å²) in [7, 11) is 0. The Morgan fingerprint density at radius 1 is 1.78 bits per heavy atom. The van der Waals surface area contributed by atoms with Crippen LogP contribution >= 0.6 is 23.4 Å². The Bertz CT molecular complexity index is 95.1. The zero-order valence-corrected chi connectivity index (χ0v) is 7.26. The zero-order valence-electron chi connectivity index (χ0n) is 5.69. The number of carbonyl (C=O) groups is 1. The Morgan fingerprint density at radius 2 is 2.33 bits per heavy atom. The Hall–Kier alpha value is 0.310. The van der Waals surface area contributed by atoms with E-state index in [4.69, 9.17) is 11.6 Å². The minimum absolute atomic E-state index is 0.144. The summed E-state index contributed by atoms with van der Waals surface area (Å²) in [6.07, 6.45) is 2.49. The summed E-state index contributed by atoms with van der Waals surface area (Å²) < 4.78 is 0. The van der Waals surface area contributed by atoms with Crippen molar-refractivity contribution in [2.75, 3.05) is 12.0 Å². The predicted molar refractivity (Wildman–Crippen MR) is 43.3 cm³/mol. The van der Waals surface area contributed by atoms with Gasteiger partial charge in [-0.15, -0.1) is 11.6 Å². The lowest BCUT2D eigenvalue weighted by Gasteiger charge is -2.02. The van der Waals surface area contributed by atoms with E-state index in [0.717, 1.165) is 5.75 Å². The molecule has 0 N–H and O–H groups in total. The van der Waals surface area contributed by atoms with E-state index in [2.05, 4.69) is 0 Å². The number of alkyl halides is 1. The van der Waals surface area contributed by atoms with Crippen LogP contribution in [0.5, 0.6) is 0 Å². The molecular formula is C6H11ClOS. The average molecular weight is 167 g/mol. The van der Waals surface area contributed by atoms with Crippen molar-refractivity contribution in [3.05, 3.63) is 0 Å². The third kappa shape index (κ3) is 3.82. The molecule has 0 aromatic rings. The van der Waals surface area contributed by atoms with Crippen molar-refractivity contribution in [2.24, 2.45) is 0 Å². The summed E-state index contributed by atoms with van der Waals surface area (Å²) in [6.45, 7) is 1.83. The second-order valence-corrected chi connectivity index (χ2v) is 3.18. The van der Waals surface area contributed by atoms with Crippen LogP contribution in [0.15, 0.2) is 0 Å². The molecule has 1 atom stereocenters. The molecule has 0 spiro atoms. The van der Waals surface area contributed by atoms with Crippen LogP contribution in [0.2, 0.25) is 0 Å². The molecule has 0 aromatic carbocycles. The molecule has 0 saturated carbocycles. The van der Waals surface area contributed by atoms with Gasteiger partial charge in [-0.3, -0.25) is 4.79 Å². The molecule has 0 aliphatic heterocycles. The molecule has 54 valence electrons. The lowest BCUT2D eigenvalue weighted by Crippen LogP contribution is -2.15. The number of hydrogen-bond acceptors (Lipinski definition) is 2. The van der Waals surface area contributed by atoms with Crippen LogP contribution in [0.1, 0.15) is 13.3 Å². The van der Waals surface area contributed by atoms with Gasteiger partial charge >= 0.3 is 0 Å². The second kappa shape index (κ2) is 5.12. The molecule has 0 bridgehead atoms. The molecule has 1 unspecified atom stereocenters. The Kier molecular flexibility index (Phi) is 5.30. The summed E-state index contributed by atoms with van der Waals surface area (Å²) in [5.41, 5.74) is 0. The fourth-order valence-corrected chi connectivity index (χ4v) is 1.47. The van der Waals surface area contributed by atoms with Crippen LogP contribution in [0, 0.1) is 0 Å². The third-order valence-corrected chi connectivity index (χ3v) is 2.26. The van der Waals surface area contributed by atoms with E-state index in [-0.39, 0.29) is 11.2 Å². The topological polar surface area (TPSA) is 17.1 Å². The monoisotopic (exact) mass is 166 g/mol. The number of Topliss-reactive ketones (excluding diaryl/α,β-unsaturated/α-hetero) is 1. The SMILES string of the molecule is CCC(=O)C(Cl)CSC. The van der Waals surface area contributed by atoms with Gasteiger partial charge in [0.05, 0.1) is 0 Å². The molecule has 0 amide bonds. The number of hydrogen-bond donors (Lipinski definition) is 0. The normalized spacial score (nSPS) is 13.2. The van der Waals surface area contributed by atoms with Gasteiger partial charge in [0.2, 0.25) is 0 Å². The maximum absolute atomic E-state index is 10.8. The van der Waals surface area contributed by atoms with Gasteiger partial charge in [-0.2, -0.15) is 11.8 Å². The largest absolute Gasteiger partial charge is 0.298 e. The predicted octanol–water partition coefficient (Wildman–Crippen LogP) is 1.94. The standard InChI is InChI=1S/C6H11ClOS/c1-3-6(8)5(7)4-9-2/h5H,3-4H2,1-2H3. The average Bonchev–Trinajstić information content (AvgIpc) is 1.87. The lowest BCUT2D eigenvalue weighted by molar-refractivity contribution is -0.118. The van der Waals surface area contributed by atoms with E-state index >= 15 is 0 Å². The Balaban J connectivity index is 3.45. The first-order valence-electron chi connectivity index (χ1n) is 2.88. The van der Waals surface area contributed by atoms with Gasteiger partial charge in [0.15, 0.2) is 5.78 Å². The van der Waals surface area contributed by atoms with Gasteiger partial charge in [0, 0.05) is 12.2 Å². The molecule has 9 heavy (non-hydrogen) atoms. The van der Waals surface area contributed by atoms with E-state index in [0.29, 0.717) is 6.42 Å². The van der Waals surface area contributed by atoms with E-state index < -0.39 is 0 Å². The van der Waals surface area contributed by atoms with Crippen molar-refractivity contribution in [1.82, 2.24) is 0 Å². The summed E-state index contributed by atoms with van der Waals surface area (Å²) in [6, 6.07) is 0. The smallest absolute Gasteiger partial charge is 0.151 e. The summed E-state index contributed by atoms with van der Waals surface area (Å²) in [5, 5.41) is -0.273. The first kappa shape index (κ1) is 9.31. The summed E-state index contributed by atoms with van der Waals surface area (Å²) in [5.74, 6) is 0.875. The highest BCUT2D eigenvalue weighted by Crippen LogP contribution is 2.06. The van der Waals surface area contributed by atoms with Gasteiger partial charge in [0.1, 0.15) is 5.38 Å². The van der Waals surface area contributed by atoms with E-state index in [1.165, 1.54) is 0 Å². The van der Waals surface area contributed by atoms with E-state index in [1.807, 2.05) is 13.2 Å². The van der Waals surface area contributed by atoms with E-state index in [1.54, 1.807) is 11.8 Å². The first-order chi connectivity index (χ1) is 4.22. The van der Waals surface area contributed by atoms with Crippen molar-refractivity contribution in [2.45, 2.75) is 18.7 Å². The quantitative estimate of drug-likeness (QED) is 0.594. The zero-order chi connectivity index (χ0) is 7.28. The van der Waals surface area contributed by atoms with E-state index in [9.17, 15) is 4.79 Å². The van der Waals surface area contributed by atoms with Crippen molar-refractivity contribution in [3.63, 3.8) is 0 Å². The number of carbonyl (C=O) groups excluding carboxylic acids is 1. The fourth-order valence-electron chi connectivity index (χ4n) is 0.461. The Morgan fingerprint density at radius 3 is 2.67 bits per heavy atom. The van der Waals surface area contributed by atoms with Crippen molar-refractivity contribution in [1.29, 1.82) is 0 Å². The maximum Gasteiger partial charge on any atom is 0.151 e. The molecular weight excluding hydrogens is 156 g/mol. The van der Waals surface area contributed by atoms with Gasteiger partial charge in [-0.05, 0) is 6.26 Å². The van der Waals surface area contributed by atoms with Crippen LogP contribution in [0.3, 0.4) is 0 Å². The molecule has 0 rings (SSSR count). The molecule has 0 radical (unpaired) electrons. The molecule has 0 fully saturated rings. The highest BCUT2D eigenvalue weighted by molar-refractivity contribution is 7.98. The number of rotatable bonds is 4. The minimum atomic E-state index is -0.273. The molecule has 0 heterocycles. The van der Waals surface area contributed by atoms with Crippen LogP contribution in [0.4, 0.5) is 0 Å². The molecule has 0 aromatic heterocycles.